The number of hydrogen-bond acceptors (Lipinski definition) is 5. The van der Waals surface area contributed by atoms with Crippen molar-refractivity contribution in [3.63, 3.8) is 0 Å². The predicted octanol–water partition coefficient (Wildman–Crippen LogP) is 4.42. The van der Waals surface area contributed by atoms with Gasteiger partial charge in [0.1, 0.15) is 15.7 Å². The van der Waals surface area contributed by atoms with E-state index in [-0.39, 0.29) is 17.4 Å². The van der Waals surface area contributed by atoms with Gasteiger partial charge in [0.05, 0.1) is 21.8 Å². The highest BCUT2D eigenvalue weighted by Gasteiger charge is 2.32. The zero-order valence-electron chi connectivity index (χ0n) is 20.7. The second-order valence-corrected chi connectivity index (χ2v) is 12.3. The summed E-state index contributed by atoms with van der Waals surface area (Å²) in [7, 11) is -3.12. The number of piperidine rings is 1. The number of nitrogens with zero attached hydrogens (tertiary/aromatic N) is 3. The number of aromatic nitrogens is 2. The van der Waals surface area contributed by atoms with Crippen LogP contribution in [0.2, 0.25) is 5.02 Å². The Labute approximate surface area is 217 Å². The molecule has 1 amide bonds. The van der Waals surface area contributed by atoms with E-state index in [4.69, 9.17) is 16.6 Å². The number of benzene rings is 2. The van der Waals surface area contributed by atoms with Gasteiger partial charge in [0.15, 0.2) is 0 Å². The first-order chi connectivity index (χ1) is 17.2. The van der Waals surface area contributed by atoms with Crippen LogP contribution in [0.3, 0.4) is 0 Å². The first kappa shape index (κ1) is 26.4. The van der Waals surface area contributed by atoms with E-state index in [1.807, 2.05) is 12.1 Å². The molecule has 192 valence electrons. The van der Waals surface area contributed by atoms with Crippen LogP contribution >= 0.6 is 11.6 Å². The molecule has 1 aliphatic heterocycles. The summed E-state index contributed by atoms with van der Waals surface area (Å²) in [5.74, 6) is 0.148. The Balaban J connectivity index is 1.71. The van der Waals surface area contributed by atoms with Gasteiger partial charge in [-0.3, -0.25) is 14.2 Å². The Kier molecular flexibility index (Phi) is 8.15. The Morgan fingerprint density at radius 3 is 2.53 bits per heavy atom. The van der Waals surface area contributed by atoms with E-state index in [9.17, 15) is 18.0 Å². The average Bonchev–Trinajstić information content (AvgIpc) is 2.86. The van der Waals surface area contributed by atoms with Crippen molar-refractivity contribution >= 4 is 38.2 Å². The fraction of sp³-hybridized carbons (Fsp3) is 0.444. The number of fused-ring (bicyclic) bond motifs is 1. The molecular formula is C27H32ClN3O4S. The average molecular weight is 530 g/mol. The number of halogens is 1. The lowest BCUT2D eigenvalue weighted by Crippen LogP contribution is -2.45. The van der Waals surface area contributed by atoms with Crippen molar-refractivity contribution in [3.8, 4) is 5.69 Å². The van der Waals surface area contributed by atoms with Gasteiger partial charge in [-0.2, -0.15) is 0 Å². The van der Waals surface area contributed by atoms with E-state index in [1.54, 1.807) is 45.9 Å². The standard InChI is InChI=1S/C27H32ClN3O4S/c1-3-4-8-19(26(32)30-15-13-22(14-16-30)36(2,34)35)17-25-29-24-12-6-5-11-23(24)27(33)31(25)21-10-7-9-20(28)18-21/h5-7,9-12,18-19,22H,3-4,8,13-17H2,1-2H3. The second-order valence-electron chi connectivity index (χ2n) is 9.56. The summed E-state index contributed by atoms with van der Waals surface area (Å²) < 4.78 is 25.5. The van der Waals surface area contributed by atoms with Crippen molar-refractivity contribution in [2.24, 2.45) is 5.92 Å². The van der Waals surface area contributed by atoms with Gasteiger partial charge in [0.2, 0.25) is 5.91 Å². The van der Waals surface area contributed by atoms with Crippen molar-refractivity contribution in [2.75, 3.05) is 19.3 Å². The SMILES string of the molecule is CCCCC(Cc1nc2ccccc2c(=O)n1-c1cccc(Cl)c1)C(=O)N1CCC(S(C)(=O)=O)CC1. The summed E-state index contributed by atoms with van der Waals surface area (Å²) in [5, 5.41) is 0.608. The number of sulfone groups is 1. The Hall–Kier alpha value is -2.71. The van der Waals surface area contributed by atoms with Crippen LogP contribution < -0.4 is 5.56 Å². The Morgan fingerprint density at radius 2 is 1.86 bits per heavy atom. The molecule has 2 heterocycles. The van der Waals surface area contributed by atoms with Gasteiger partial charge in [-0.05, 0) is 49.6 Å². The van der Waals surface area contributed by atoms with Gasteiger partial charge in [-0.25, -0.2) is 13.4 Å². The van der Waals surface area contributed by atoms with E-state index in [1.165, 1.54) is 6.26 Å². The molecule has 36 heavy (non-hydrogen) atoms. The van der Waals surface area contributed by atoms with Crippen LogP contribution in [0.1, 0.15) is 44.9 Å². The summed E-state index contributed by atoms with van der Waals surface area (Å²) in [6.07, 6.45) is 4.94. The number of likely N-dealkylation sites (tertiary alicyclic amines) is 1. The van der Waals surface area contributed by atoms with E-state index in [0.717, 1.165) is 12.8 Å². The van der Waals surface area contributed by atoms with Crippen molar-refractivity contribution < 1.29 is 13.2 Å². The predicted molar refractivity (Wildman–Crippen MR) is 144 cm³/mol. The first-order valence-corrected chi connectivity index (χ1v) is 14.8. The summed E-state index contributed by atoms with van der Waals surface area (Å²) in [5.41, 5.74) is 0.997. The molecule has 7 nitrogen and oxygen atoms in total. The highest BCUT2D eigenvalue weighted by atomic mass is 35.5. The third kappa shape index (κ3) is 5.81. The smallest absolute Gasteiger partial charge is 0.265 e. The molecule has 1 aromatic heterocycles. The third-order valence-corrected chi connectivity index (χ3v) is 8.87. The van der Waals surface area contributed by atoms with Crippen LogP contribution in [0.5, 0.6) is 0 Å². The highest BCUT2D eigenvalue weighted by Crippen LogP contribution is 2.24. The van der Waals surface area contributed by atoms with Crippen molar-refractivity contribution in [2.45, 2.75) is 50.7 Å². The van der Waals surface area contributed by atoms with Crippen molar-refractivity contribution in [3.05, 3.63) is 69.7 Å². The summed E-state index contributed by atoms with van der Waals surface area (Å²) >= 11 is 6.25. The number of carbonyl (C=O) groups is 1. The van der Waals surface area contributed by atoms with Gasteiger partial charge < -0.3 is 4.90 Å². The van der Waals surface area contributed by atoms with Crippen molar-refractivity contribution in [1.82, 2.24) is 14.5 Å². The van der Waals surface area contributed by atoms with Crippen molar-refractivity contribution in [1.29, 1.82) is 0 Å². The molecule has 0 aliphatic carbocycles. The highest BCUT2D eigenvalue weighted by molar-refractivity contribution is 7.91. The minimum absolute atomic E-state index is 0.00421. The van der Waals surface area contributed by atoms with Gasteiger partial charge in [0, 0.05) is 36.7 Å². The Bertz CT molecular complexity index is 1410. The molecular weight excluding hydrogens is 498 g/mol. The normalized spacial score (nSPS) is 15.8. The van der Waals surface area contributed by atoms with E-state index in [2.05, 4.69) is 6.92 Å². The maximum atomic E-state index is 13.7. The molecule has 0 N–H and O–H groups in total. The maximum absolute atomic E-state index is 13.7. The van der Waals surface area contributed by atoms with E-state index in [0.29, 0.717) is 66.2 Å². The number of unbranched alkanes of at least 4 members (excludes halogenated alkanes) is 1. The van der Waals surface area contributed by atoms with E-state index < -0.39 is 15.1 Å². The lowest BCUT2D eigenvalue weighted by atomic mass is 9.95. The molecule has 9 heteroatoms. The number of hydrogen-bond donors (Lipinski definition) is 0. The lowest BCUT2D eigenvalue weighted by molar-refractivity contribution is -0.136. The second kappa shape index (κ2) is 11.1. The van der Waals surface area contributed by atoms with Gasteiger partial charge in [0.25, 0.3) is 5.56 Å². The fourth-order valence-corrected chi connectivity index (χ4v) is 6.20. The molecule has 1 unspecified atom stereocenters. The van der Waals surface area contributed by atoms with Crippen LogP contribution in [-0.2, 0) is 21.1 Å². The molecule has 0 saturated carbocycles. The minimum atomic E-state index is -3.12. The molecule has 2 aromatic carbocycles. The lowest BCUT2D eigenvalue weighted by Gasteiger charge is -2.33. The summed E-state index contributed by atoms with van der Waals surface area (Å²) in [4.78, 5) is 33.9. The van der Waals surface area contributed by atoms with Gasteiger partial charge >= 0.3 is 0 Å². The number of amides is 1. The molecule has 3 aromatic rings. The molecule has 1 aliphatic rings. The third-order valence-electron chi connectivity index (χ3n) is 6.96. The molecule has 0 bridgehead atoms. The first-order valence-electron chi connectivity index (χ1n) is 12.4. The molecule has 0 radical (unpaired) electrons. The molecule has 4 rings (SSSR count). The molecule has 1 fully saturated rings. The number of para-hydroxylation sites is 1. The summed E-state index contributed by atoms with van der Waals surface area (Å²) in [6, 6.07) is 14.3. The quantitative estimate of drug-likeness (QED) is 0.431. The topological polar surface area (TPSA) is 89.3 Å². The minimum Gasteiger partial charge on any atom is -0.342 e. The van der Waals surface area contributed by atoms with Crippen LogP contribution in [0, 0.1) is 5.92 Å². The monoisotopic (exact) mass is 529 g/mol. The number of carbonyl (C=O) groups excluding carboxylic acids is 1. The zero-order valence-corrected chi connectivity index (χ0v) is 22.3. The summed E-state index contributed by atoms with van der Waals surface area (Å²) in [6.45, 7) is 2.92. The molecule has 0 spiro atoms. The van der Waals surface area contributed by atoms with Crippen LogP contribution in [-0.4, -0.2) is 53.4 Å². The largest absolute Gasteiger partial charge is 0.342 e. The van der Waals surface area contributed by atoms with Gasteiger partial charge in [-0.15, -0.1) is 0 Å². The molecule has 1 saturated heterocycles. The Morgan fingerprint density at radius 1 is 1.14 bits per heavy atom. The van der Waals surface area contributed by atoms with Crippen LogP contribution in [0.15, 0.2) is 53.3 Å². The molecule has 1 atom stereocenters. The van der Waals surface area contributed by atoms with Crippen LogP contribution in [0.4, 0.5) is 0 Å². The van der Waals surface area contributed by atoms with Gasteiger partial charge in [-0.1, -0.05) is 49.6 Å². The number of rotatable bonds is 8. The van der Waals surface area contributed by atoms with Crippen LogP contribution in [0.25, 0.3) is 16.6 Å². The maximum Gasteiger partial charge on any atom is 0.265 e. The fourth-order valence-electron chi connectivity index (χ4n) is 4.94. The van der Waals surface area contributed by atoms with E-state index >= 15 is 0 Å². The zero-order chi connectivity index (χ0) is 25.9.